The summed E-state index contributed by atoms with van der Waals surface area (Å²) in [5.41, 5.74) is 4.36. The van der Waals surface area contributed by atoms with Gasteiger partial charge in [0.2, 0.25) is 5.91 Å². The van der Waals surface area contributed by atoms with Crippen molar-refractivity contribution in [3.05, 3.63) is 90.4 Å². The molecule has 0 atom stereocenters. The first-order valence-corrected chi connectivity index (χ1v) is 12.1. The van der Waals surface area contributed by atoms with E-state index in [0.29, 0.717) is 27.5 Å². The van der Waals surface area contributed by atoms with Crippen LogP contribution >= 0.6 is 11.3 Å². The Hall–Kier alpha value is -3.45. The maximum absolute atomic E-state index is 13.6. The molecular formula is C27H29N3O3S. The van der Waals surface area contributed by atoms with Crippen molar-refractivity contribution < 1.29 is 4.79 Å². The number of nitrogens with one attached hydrogen (secondary N) is 1. The number of anilines is 1. The van der Waals surface area contributed by atoms with Gasteiger partial charge in [-0.2, -0.15) is 0 Å². The second kappa shape index (κ2) is 9.06. The van der Waals surface area contributed by atoms with Crippen molar-refractivity contribution in [2.24, 2.45) is 0 Å². The van der Waals surface area contributed by atoms with Crippen LogP contribution in [0.15, 0.2) is 52.1 Å². The van der Waals surface area contributed by atoms with Gasteiger partial charge in [0.15, 0.2) is 0 Å². The standard InChI is InChI=1S/C27H29N3O3S/c1-15(2)20-8-10-21(11-9-20)28-23(31)14-29-26-24(18(5)19(6)34-26)25(32)30(27(29)33)22-12-7-16(3)17(4)13-22/h7-13,15H,14H2,1-6H3,(H,28,31). The predicted molar refractivity (Wildman–Crippen MR) is 140 cm³/mol. The molecule has 7 heteroatoms. The molecule has 6 nitrogen and oxygen atoms in total. The lowest BCUT2D eigenvalue weighted by molar-refractivity contribution is -0.116. The normalized spacial score (nSPS) is 11.4. The summed E-state index contributed by atoms with van der Waals surface area (Å²) in [5.74, 6) is 0.0723. The van der Waals surface area contributed by atoms with Crippen LogP contribution in [0.4, 0.5) is 5.69 Å². The van der Waals surface area contributed by atoms with Gasteiger partial charge in [-0.3, -0.25) is 14.2 Å². The molecule has 0 unspecified atom stereocenters. The van der Waals surface area contributed by atoms with E-state index in [-0.39, 0.29) is 18.0 Å². The molecule has 4 rings (SSSR count). The summed E-state index contributed by atoms with van der Waals surface area (Å²) in [7, 11) is 0. The van der Waals surface area contributed by atoms with Crippen molar-refractivity contribution in [2.75, 3.05) is 5.32 Å². The van der Waals surface area contributed by atoms with Crippen molar-refractivity contribution in [3.8, 4) is 5.69 Å². The Labute approximate surface area is 202 Å². The second-order valence-corrected chi connectivity index (χ2v) is 10.3. The number of aromatic nitrogens is 2. The molecule has 4 aromatic rings. The van der Waals surface area contributed by atoms with Gasteiger partial charge in [-0.05, 0) is 80.1 Å². The summed E-state index contributed by atoms with van der Waals surface area (Å²) in [6.07, 6.45) is 0. The SMILES string of the molecule is Cc1ccc(-n2c(=O)c3c(C)c(C)sc3n(CC(=O)Nc3ccc(C(C)C)cc3)c2=O)cc1C. The predicted octanol–water partition coefficient (Wildman–Crippen LogP) is 5.21. The van der Waals surface area contributed by atoms with Gasteiger partial charge in [0.1, 0.15) is 11.4 Å². The number of carbonyl (C=O) groups excluding carboxylic acids is 1. The lowest BCUT2D eigenvalue weighted by Crippen LogP contribution is -2.40. The first kappa shape index (κ1) is 23.7. The van der Waals surface area contributed by atoms with Crippen LogP contribution in [0.1, 0.15) is 46.9 Å². The second-order valence-electron chi connectivity index (χ2n) is 9.07. The molecule has 176 valence electrons. The molecule has 34 heavy (non-hydrogen) atoms. The van der Waals surface area contributed by atoms with E-state index < -0.39 is 5.69 Å². The van der Waals surface area contributed by atoms with E-state index in [9.17, 15) is 14.4 Å². The Bertz CT molecular complexity index is 1520. The van der Waals surface area contributed by atoms with Crippen molar-refractivity contribution in [1.82, 2.24) is 9.13 Å². The number of thiophene rings is 1. The van der Waals surface area contributed by atoms with Crippen LogP contribution in [0.5, 0.6) is 0 Å². The molecule has 2 heterocycles. The number of hydrogen-bond acceptors (Lipinski definition) is 4. The van der Waals surface area contributed by atoms with Crippen LogP contribution in [-0.2, 0) is 11.3 Å². The zero-order chi connectivity index (χ0) is 24.7. The fourth-order valence-corrected chi connectivity index (χ4v) is 5.12. The van der Waals surface area contributed by atoms with Gasteiger partial charge in [-0.25, -0.2) is 9.36 Å². The molecule has 2 aromatic heterocycles. The van der Waals surface area contributed by atoms with Crippen LogP contribution in [0.25, 0.3) is 15.9 Å². The van der Waals surface area contributed by atoms with Crippen molar-refractivity contribution in [3.63, 3.8) is 0 Å². The van der Waals surface area contributed by atoms with Crippen molar-refractivity contribution in [1.29, 1.82) is 0 Å². The number of benzene rings is 2. The van der Waals surface area contributed by atoms with E-state index in [0.717, 1.165) is 21.6 Å². The average molecular weight is 476 g/mol. The van der Waals surface area contributed by atoms with Crippen LogP contribution in [0, 0.1) is 27.7 Å². The quantitative estimate of drug-likeness (QED) is 0.431. The number of amides is 1. The molecule has 1 amide bonds. The Morgan fingerprint density at radius 2 is 1.65 bits per heavy atom. The van der Waals surface area contributed by atoms with Gasteiger partial charge in [-0.1, -0.05) is 32.0 Å². The molecule has 0 spiro atoms. The Morgan fingerprint density at radius 3 is 2.26 bits per heavy atom. The first-order chi connectivity index (χ1) is 16.1. The number of carbonyl (C=O) groups is 1. The van der Waals surface area contributed by atoms with E-state index in [4.69, 9.17) is 0 Å². The molecule has 0 bridgehead atoms. The van der Waals surface area contributed by atoms with Crippen molar-refractivity contribution in [2.45, 2.75) is 54.0 Å². The Balaban J connectivity index is 1.81. The lowest BCUT2D eigenvalue weighted by Gasteiger charge is -2.14. The largest absolute Gasteiger partial charge is 0.337 e. The highest BCUT2D eigenvalue weighted by atomic mass is 32.1. The maximum Gasteiger partial charge on any atom is 0.337 e. The molecular weight excluding hydrogens is 446 g/mol. The van der Waals surface area contributed by atoms with Gasteiger partial charge >= 0.3 is 5.69 Å². The number of aryl methyl sites for hydroxylation is 4. The average Bonchev–Trinajstić information content (AvgIpc) is 3.08. The summed E-state index contributed by atoms with van der Waals surface area (Å²) >= 11 is 1.37. The summed E-state index contributed by atoms with van der Waals surface area (Å²) in [6.45, 7) is 11.8. The topological polar surface area (TPSA) is 73.1 Å². The molecule has 0 fully saturated rings. The molecule has 0 aliphatic carbocycles. The third-order valence-corrected chi connectivity index (χ3v) is 7.59. The zero-order valence-electron chi connectivity index (χ0n) is 20.4. The zero-order valence-corrected chi connectivity index (χ0v) is 21.2. The first-order valence-electron chi connectivity index (χ1n) is 11.3. The van der Waals surface area contributed by atoms with Crippen LogP contribution in [-0.4, -0.2) is 15.0 Å². The minimum absolute atomic E-state index is 0.189. The molecule has 0 aliphatic heterocycles. The van der Waals surface area contributed by atoms with Crippen molar-refractivity contribution >= 4 is 33.1 Å². The molecule has 0 saturated carbocycles. The van der Waals surface area contributed by atoms with Gasteiger partial charge in [0, 0.05) is 10.6 Å². The highest BCUT2D eigenvalue weighted by Gasteiger charge is 2.21. The van der Waals surface area contributed by atoms with Gasteiger partial charge in [0.25, 0.3) is 5.56 Å². The summed E-state index contributed by atoms with van der Waals surface area (Å²) in [4.78, 5) is 41.5. The number of fused-ring (bicyclic) bond motifs is 1. The minimum atomic E-state index is -0.521. The lowest BCUT2D eigenvalue weighted by atomic mass is 10.0. The number of nitrogens with zero attached hydrogens (tertiary/aromatic N) is 2. The van der Waals surface area contributed by atoms with Gasteiger partial charge in [0.05, 0.1) is 11.1 Å². The third-order valence-electron chi connectivity index (χ3n) is 6.36. The molecule has 0 saturated heterocycles. The minimum Gasteiger partial charge on any atom is -0.325 e. The summed E-state index contributed by atoms with van der Waals surface area (Å²) < 4.78 is 2.59. The smallest absolute Gasteiger partial charge is 0.325 e. The van der Waals surface area contributed by atoms with Gasteiger partial charge < -0.3 is 5.32 Å². The highest BCUT2D eigenvalue weighted by Crippen LogP contribution is 2.27. The highest BCUT2D eigenvalue weighted by molar-refractivity contribution is 7.18. The van der Waals surface area contributed by atoms with Crippen LogP contribution in [0.3, 0.4) is 0 Å². The van der Waals surface area contributed by atoms with Gasteiger partial charge in [-0.15, -0.1) is 11.3 Å². The molecule has 0 radical (unpaired) electrons. The molecule has 1 N–H and O–H groups in total. The fraction of sp³-hybridized carbons (Fsp3) is 0.296. The van der Waals surface area contributed by atoms with E-state index in [1.54, 1.807) is 6.07 Å². The Morgan fingerprint density at radius 1 is 0.971 bits per heavy atom. The maximum atomic E-state index is 13.6. The van der Waals surface area contributed by atoms with E-state index in [1.807, 2.05) is 64.1 Å². The number of rotatable bonds is 5. The Kier molecular flexibility index (Phi) is 6.32. The van der Waals surface area contributed by atoms with Crippen LogP contribution < -0.4 is 16.6 Å². The summed E-state index contributed by atoms with van der Waals surface area (Å²) in [5, 5.41) is 3.36. The number of hydrogen-bond donors (Lipinski definition) is 1. The van der Waals surface area contributed by atoms with E-state index in [2.05, 4.69) is 19.2 Å². The van der Waals surface area contributed by atoms with E-state index in [1.165, 1.54) is 26.0 Å². The van der Waals surface area contributed by atoms with Crippen LogP contribution in [0.2, 0.25) is 0 Å². The summed E-state index contributed by atoms with van der Waals surface area (Å²) in [6, 6.07) is 13.2. The monoisotopic (exact) mass is 475 g/mol. The van der Waals surface area contributed by atoms with E-state index >= 15 is 0 Å². The fourth-order valence-electron chi connectivity index (χ4n) is 3.98. The molecule has 2 aromatic carbocycles. The third kappa shape index (κ3) is 4.23. The molecule has 0 aliphatic rings.